The lowest BCUT2D eigenvalue weighted by Gasteiger charge is -2.21. The van der Waals surface area contributed by atoms with Crippen LogP contribution in [-0.4, -0.2) is 0 Å². The highest BCUT2D eigenvalue weighted by Crippen LogP contribution is 2.47. The molecule has 0 saturated heterocycles. The van der Waals surface area contributed by atoms with E-state index in [-0.39, 0.29) is 5.41 Å². The van der Waals surface area contributed by atoms with E-state index in [0.29, 0.717) is 0 Å². The summed E-state index contributed by atoms with van der Waals surface area (Å²) in [5.74, 6) is 0. The molecule has 2 heteroatoms. The molecule has 0 fully saturated rings. The van der Waals surface area contributed by atoms with E-state index in [0.717, 1.165) is 8.95 Å². The minimum atomic E-state index is 0.102. The predicted molar refractivity (Wildman–Crippen MR) is 160 cm³/mol. The first-order valence-electron chi connectivity index (χ1n) is 12.0. The van der Waals surface area contributed by atoms with E-state index in [1.165, 1.54) is 65.7 Å². The summed E-state index contributed by atoms with van der Waals surface area (Å²) in [5.41, 5.74) is 7.75. The van der Waals surface area contributed by atoms with Crippen LogP contribution in [0.3, 0.4) is 0 Å². The number of rotatable bonds is 2. The van der Waals surface area contributed by atoms with Gasteiger partial charge < -0.3 is 0 Å². The molecule has 35 heavy (non-hydrogen) atoms. The maximum absolute atomic E-state index is 3.93. The van der Waals surface area contributed by atoms with Gasteiger partial charge in [0.1, 0.15) is 0 Å². The molecule has 0 radical (unpaired) electrons. The van der Waals surface area contributed by atoms with Gasteiger partial charge in [-0.05, 0) is 84.6 Å². The molecule has 0 saturated carbocycles. The fourth-order valence-corrected chi connectivity index (χ4v) is 6.39. The molecule has 0 aliphatic carbocycles. The molecule has 0 heterocycles. The summed E-state index contributed by atoms with van der Waals surface area (Å²) in [7, 11) is 0. The second-order valence-corrected chi connectivity index (χ2v) is 12.3. The lowest BCUT2D eigenvalue weighted by Crippen LogP contribution is -2.10. The van der Waals surface area contributed by atoms with Gasteiger partial charge in [-0.1, -0.05) is 131 Å². The third kappa shape index (κ3) is 3.70. The Hall–Kier alpha value is -2.68. The number of benzene rings is 6. The minimum Gasteiger partial charge on any atom is -0.0614 e. The van der Waals surface area contributed by atoms with Gasteiger partial charge in [0, 0.05) is 8.95 Å². The Morgan fingerprint density at radius 1 is 0.543 bits per heavy atom. The van der Waals surface area contributed by atoms with Gasteiger partial charge in [0.2, 0.25) is 0 Å². The summed E-state index contributed by atoms with van der Waals surface area (Å²) in [5, 5.41) is 7.72. The zero-order chi connectivity index (χ0) is 24.5. The summed E-state index contributed by atoms with van der Waals surface area (Å²) < 4.78 is 2.26. The summed E-state index contributed by atoms with van der Waals surface area (Å²) in [6.45, 7) is 8.96. The van der Waals surface area contributed by atoms with Crippen molar-refractivity contribution in [2.24, 2.45) is 0 Å². The third-order valence-corrected chi connectivity index (χ3v) is 8.51. The Labute approximate surface area is 223 Å². The number of hydrogen-bond donors (Lipinski definition) is 0. The van der Waals surface area contributed by atoms with Crippen LogP contribution in [0.15, 0.2) is 93.9 Å². The van der Waals surface area contributed by atoms with E-state index in [4.69, 9.17) is 0 Å². The zero-order valence-electron chi connectivity index (χ0n) is 20.3. The van der Waals surface area contributed by atoms with Crippen LogP contribution in [0.25, 0.3) is 54.6 Å². The molecule has 0 spiro atoms. The van der Waals surface area contributed by atoms with Crippen LogP contribution in [-0.2, 0) is 5.41 Å². The van der Waals surface area contributed by atoms with E-state index < -0.39 is 0 Å². The van der Waals surface area contributed by atoms with Crippen molar-refractivity contribution >= 4 is 64.2 Å². The lowest BCUT2D eigenvalue weighted by atomic mass is 9.84. The Kier molecular flexibility index (Phi) is 5.32. The highest BCUT2D eigenvalue weighted by Gasteiger charge is 2.20. The fourth-order valence-electron chi connectivity index (χ4n) is 5.27. The van der Waals surface area contributed by atoms with Crippen molar-refractivity contribution < 1.29 is 0 Å². The SMILES string of the molecule is Cc1ccc(-c2cc(Br)c3ccc4c(-c5cccc(C(C)(C)C)c5)cc(Br)c5ccc2c3c54)cc1. The second-order valence-electron chi connectivity index (χ2n) is 10.6. The van der Waals surface area contributed by atoms with Crippen LogP contribution in [0.5, 0.6) is 0 Å². The van der Waals surface area contributed by atoms with E-state index in [2.05, 4.69) is 144 Å². The Balaban J connectivity index is 1.73. The van der Waals surface area contributed by atoms with Gasteiger partial charge in [-0.3, -0.25) is 0 Å². The maximum atomic E-state index is 3.93. The van der Waals surface area contributed by atoms with Crippen molar-refractivity contribution in [1.82, 2.24) is 0 Å². The summed E-state index contributed by atoms with van der Waals surface area (Å²) in [6, 6.07) is 31.6. The smallest absolute Gasteiger partial charge is 0.0260 e. The zero-order valence-corrected chi connectivity index (χ0v) is 23.5. The first-order valence-corrected chi connectivity index (χ1v) is 13.6. The van der Waals surface area contributed by atoms with Gasteiger partial charge in [-0.15, -0.1) is 0 Å². The van der Waals surface area contributed by atoms with Gasteiger partial charge in [-0.2, -0.15) is 0 Å². The maximum Gasteiger partial charge on any atom is 0.0260 e. The standard InChI is InChI=1S/C33H26Br2/c1-19-8-10-20(11-9-19)27-17-29(34)25-15-13-24-28(21-6-5-7-22(16-21)33(2,3)4)18-30(35)26-14-12-23(27)31(25)32(24)26/h5-18H,1-4H3. The third-order valence-electron chi connectivity index (χ3n) is 7.20. The van der Waals surface area contributed by atoms with Crippen molar-refractivity contribution in [2.75, 3.05) is 0 Å². The van der Waals surface area contributed by atoms with Crippen LogP contribution in [0.4, 0.5) is 0 Å². The molecule has 0 aliphatic rings. The Morgan fingerprint density at radius 2 is 1.06 bits per heavy atom. The van der Waals surface area contributed by atoms with Crippen LogP contribution < -0.4 is 0 Å². The summed E-state index contributed by atoms with van der Waals surface area (Å²) in [4.78, 5) is 0. The Bertz CT molecular complexity index is 1730. The van der Waals surface area contributed by atoms with Crippen molar-refractivity contribution in [3.63, 3.8) is 0 Å². The number of hydrogen-bond acceptors (Lipinski definition) is 0. The van der Waals surface area contributed by atoms with Crippen molar-refractivity contribution in [3.05, 3.63) is 105 Å². The molecular formula is C33H26Br2. The molecule has 6 aromatic carbocycles. The molecular weight excluding hydrogens is 556 g/mol. The van der Waals surface area contributed by atoms with E-state index >= 15 is 0 Å². The summed E-state index contributed by atoms with van der Waals surface area (Å²) >= 11 is 7.83. The topological polar surface area (TPSA) is 0 Å². The molecule has 0 unspecified atom stereocenters. The lowest BCUT2D eigenvalue weighted by molar-refractivity contribution is 0.590. The molecule has 0 aromatic heterocycles. The van der Waals surface area contributed by atoms with Crippen LogP contribution in [0.1, 0.15) is 31.9 Å². The Morgan fingerprint density at radius 3 is 1.60 bits per heavy atom. The molecule has 0 aliphatic heterocycles. The fraction of sp³-hybridized carbons (Fsp3) is 0.152. The van der Waals surface area contributed by atoms with E-state index in [1.807, 2.05) is 0 Å². The van der Waals surface area contributed by atoms with Gasteiger partial charge in [-0.25, -0.2) is 0 Å². The first-order chi connectivity index (χ1) is 16.7. The van der Waals surface area contributed by atoms with Crippen LogP contribution in [0, 0.1) is 6.92 Å². The molecule has 6 aromatic rings. The molecule has 0 bridgehead atoms. The van der Waals surface area contributed by atoms with Crippen molar-refractivity contribution in [3.8, 4) is 22.3 Å². The quantitative estimate of drug-likeness (QED) is 0.178. The first kappa shape index (κ1) is 22.8. The average molecular weight is 582 g/mol. The molecule has 6 rings (SSSR count). The van der Waals surface area contributed by atoms with E-state index in [1.54, 1.807) is 0 Å². The van der Waals surface area contributed by atoms with Crippen LogP contribution in [0.2, 0.25) is 0 Å². The molecule has 0 atom stereocenters. The molecule has 0 amide bonds. The molecule has 172 valence electrons. The van der Waals surface area contributed by atoms with Gasteiger partial charge in [0.25, 0.3) is 0 Å². The van der Waals surface area contributed by atoms with Crippen molar-refractivity contribution in [2.45, 2.75) is 33.1 Å². The summed E-state index contributed by atoms with van der Waals surface area (Å²) in [6.07, 6.45) is 0. The molecule has 0 N–H and O–H groups in total. The van der Waals surface area contributed by atoms with Crippen LogP contribution >= 0.6 is 31.9 Å². The number of halogens is 2. The van der Waals surface area contributed by atoms with Gasteiger partial charge in [0.05, 0.1) is 0 Å². The monoisotopic (exact) mass is 580 g/mol. The molecule has 0 nitrogen and oxygen atoms in total. The van der Waals surface area contributed by atoms with E-state index in [9.17, 15) is 0 Å². The normalized spacial score (nSPS) is 12.3. The minimum absolute atomic E-state index is 0.102. The van der Waals surface area contributed by atoms with Crippen molar-refractivity contribution in [1.29, 1.82) is 0 Å². The second kappa shape index (κ2) is 8.18. The highest BCUT2D eigenvalue weighted by atomic mass is 79.9. The highest BCUT2D eigenvalue weighted by molar-refractivity contribution is 9.11. The predicted octanol–water partition coefficient (Wildman–Crippen LogP) is 11.0. The number of aryl methyl sites for hydroxylation is 1. The average Bonchev–Trinajstić information content (AvgIpc) is 2.84. The van der Waals surface area contributed by atoms with Gasteiger partial charge in [0.15, 0.2) is 0 Å². The largest absolute Gasteiger partial charge is 0.0614 e. The van der Waals surface area contributed by atoms with Gasteiger partial charge >= 0.3 is 0 Å².